The highest BCUT2D eigenvalue weighted by molar-refractivity contribution is 7.89. The van der Waals surface area contributed by atoms with Gasteiger partial charge in [-0.3, -0.25) is 10.2 Å². The van der Waals surface area contributed by atoms with Gasteiger partial charge in [0.25, 0.3) is 5.91 Å². The van der Waals surface area contributed by atoms with E-state index in [0.717, 1.165) is 45.4 Å². The molecule has 0 aromatic heterocycles. The standard InChI is InChI=1S/C22H34N4O3S/c1-21(2)13-18-14-22(3,15-21)16-26(18)30(28,29)19-7-5-17(6-8-19)20(27)23-25-11-9-24(4)10-12-25/h5-8,18H,9-16H2,1-4H3,(H,23,27)/t18-,22+/m1/s1. The highest BCUT2D eigenvalue weighted by Gasteiger charge is 2.53. The Hall–Kier alpha value is -1.48. The van der Waals surface area contributed by atoms with Gasteiger partial charge in [0.15, 0.2) is 0 Å². The summed E-state index contributed by atoms with van der Waals surface area (Å²) in [5, 5.41) is 1.92. The maximum absolute atomic E-state index is 13.4. The quantitative estimate of drug-likeness (QED) is 0.786. The van der Waals surface area contributed by atoms with Gasteiger partial charge in [-0.1, -0.05) is 20.8 Å². The number of hydrazine groups is 1. The van der Waals surface area contributed by atoms with Gasteiger partial charge in [0, 0.05) is 44.3 Å². The smallest absolute Gasteiger partial charge is 0.265 e. The van der Waals surface area contributed by atoms with Crippen molar-refractivity contribution >= 4 is 15.9 Å². The number of amides is 1. The first-order valence-electron chi connectivity index (χ1n) is 10.8. The minimum atomic E-state index is -3.57. The Labute approximate surface area is 180 Å². The lowest BCUT2D eigenvalue weighted by Crippen LogP contribution is -2.52. The summed E-state index contributed by atoms with van der Waals surface area (Å²) in [6.07, 6.45) is 2.88. The zero-order valence-corrected chi connectivity index (χ0v) is 19.3. The minimum Gasteiger partial charge on any atom is -0.304 e. The van der Waals surface area contributed by atoms with Gasteiger partial charge >= 0.3 is 0 Å². The Morgan fingerprint density at radius 2 is 1.67 bits per heavy atom. The molecule has 2 aliphatic heterocycles. The SMILES string of the molecule is CN1CCN(NC(=O)c2ccc(S(=O)(=O)N3C[C@@]4(C)C[C@H]3CC(C)(C)C4)cc2)CC1. The number of piperazine rings is 1. The molecule has 2 atom stereocenters. The molecule has 1 amide bonds. The lowest BCUT2D eigenvalue weighted by Gasteiger charge is -2.39. The molecule has 1 N–H and O–H groups in total. The van der Waals surface area contributed by atoms with E-state index in [2.05, 4.69) is 38.1 Å². The molecule has 0 radical (unpaired) electrons. The van der Waals surface area contributed by atoms with Crippen molar-refractivity contribution in [1.29, 1.82) is 0 Å². The lowest BCUT2D eigenvalue weighted by molar-refractivity contribution is 0.0662. The van der Waals surface area contributed by atoms with Gasteiger partial charge in [0.2, 0.25) is 10.0 Å². The molecule has 2 bridgehead atoms. The Balaban J connectivity index is 1.46. The van der Waals surface area contributed by atoms with Crippen molar-refractivity contribution in [1.82, 2.24) is 19.6 Å². The molecule has 3 fully saturated rings. The van der Waals surface area contributed by atoms with Crippen molar-refractivity contribution in [3.05, 3.63) is 29.8 Å². The molecule has 8 heteroatoms. The summed E-state index contributed by atoms with van der Waals surface area (Å²) < 4.78 is 28.5. The van der Waals surface area contributed by atoms with Crippen LogP contribution >= 0.6 is 0 Å². The summed E-state index contributed by atoms with van der Waals surface area (Å²) >= 11 is 0. The van der Waals surface area contributed by atoms with Crippen molar-refractivity contribution in [3.8, 4) is 0 Å². The molecule has 1 saturated carbocycles. The van der Waals surface area contributed by atoms with E-state index in [-0.39, 0.29) is 27.7 Å². The van der Waals surface area contributed by atoms with Gasteiger partial charge in [0.05, 0.1) is 4.90 Å². The molecule has 2 saturated heterocycles. The predicted molar refractivity (Wildman–Crippen MR) is 116 cm³/mol. The van der Waals surface area contributed by atoms with E-state index in [1.165, 1.54) is 0 Å². The summed E-state index contributed by atoms with van der Waals surface area (Å²) in [7, 11) is -1.51. The maximum Gasteiger partial charge on any atom is 0.265 e. The molecular formula is C22H34N4O3S. The molecule has 3 aliphatic rings. The molecule has 0 spiro atoms. The molecule has 0 unspecified atom stereocenters. The molecule has 2 heterocycles. The minimum absolute atomic E-state index is 0.0435. The van der Waals surface area contributed by atoms with Crippen LogP contribution < -0.4 is 5.43 Å². The largest absolute Gasteiger partial charge is 0.304 e. The van der Waals surface area contributed by atoms with Gasteiger partial charge in [-0.25, -0.2) is 13.4 Å². The number of carbonyl (C=O) groups excluding carboxylic acids is 1. The Bertz CT molecular complexity index is 907. The number of rotatable bonds is 4. The second-order valence-electron chi connectivity index (χ2n) is 10.5. The number of hydrogen-bond donors (Lipinski definition) is 1. The summed E-state index contributed by atoms with van der Waals surface area (Å²) in [6, 6.07) is 6.44. The van der Waals surface area contributed by atoms with Gasteiger partial charge in [0.1, 0.15) is 0 Å². The monoisotopic (exact) mass is 434 g/mol. The number of fused-ring (bicyclic) bond motifs is 2. The van der Waals surface area contributed by atoms with Gasteiger partial charge < -0.3 is 4.90 Å². The zero-order valence-electron chi connectivity index (χ0n) is 18.5. The molecule has 7 nitrogen and oxygen atoms in total. The van der Waals surface area contributed by atoms with Crippen molar-refractivity contribution < 1.29 is 13.2 Å². The summed E-state index contributed by atoms with van der Waals surface area (Å²) in [5.74, 6) is -0.199. The van der Waals surface area contributed by atoms with Crippen LogP contribution in [0.25, 0.3) is 0 Å². The summed E-state index contributed by atoms with van der Waals surface area (Å²) in [4.78, 5) is 15.0. The number of likely N-dealkylation sites (N-methyl/N-ethyl adjacent to an activating group) is 1. The van der Waals surface area contributed by atoms with Crippen LogP contribution in [0, 0.1) is 10.8 Å². The van der Waals surface area contributed by atoms with E-state index in [4.69, 9.17) is 0 Å². The fourth-order valence-corrected chi connectivity index (χ4v) is 7.50. The maximum atomic E-state index is 13.4. The number of sulfonamides is 1. The third kappa shape index (κ3) is 4.28. The second-order valence-corrected chi connectivity index (χ2v) is 12.4. The first-order chi connectivity index (χ1) is 14.0. The Morgan fingerprint density at radius 1 is 1.03 bits per heavy atom. The van der Waals surface area contributed by atoms with Crippen LogP contribution in [0.1, 0.15) is 50.4 Å². The van der Waals surface area contributed by atoms with Crippen molar-refractivity contribution in [3.63, 3.8) is 0 Å². The second kappa shape index (κ2) is 7.58. The molecular weight excluding hydrogens is 400 g/mol. The van der Waals surface area contributed by atoms with E-state index in [0.29, 0.717) is 12.1 Å². The first-order valence-corrected chi connectivity index (χ1v) is 12.3. The average Bonchev–Trinajstić information content (AvgIpc) is 2.93. The van der Waals surface area contributed by atoms with E-state index in [9.17, 15) is 13.2 Å². The summed E-state index contributed by atoms with van der Waals surface area (Å²) in [6.45, 7) is 10.6. The molecule has 1 aromatic carbocycles. The van der Waals surface area contributed by atoms with E-state index >= 15 is 0 Å². The number of nitrogens with zero attached hydrogens (tertiary/aromatic N) is 3. The van der Waals surface area contributed by atoms with Crippen molar-refractivity contribution in [2.45, 2.75) is 51.0 Å². The predicted octanol–water partition coefficient (Wildman–Crippen LogP) is 2.17. The number of benzene rings is 1. The fourth-order valence-electron chi connectivity index (χ4n) is 5.73. The van der Waals surface area contributed by atoms with E-state index in [1.807, 2.05) is 5.01 Å². The number of carbonyl (C=O) groups is 1. The zero-order chi connectivity index (χ0) is 21.7. The topological polar surface area (TPSA) is 73.0 Å². The van der Waals surface area contributed by atoms with Crippen molar-refractivity contribution in [2.75, 3.05) is 39.8 Å². The molecule has 30 heavy (non-hydrogen) atoms. The molecule has 4 rings (SSSR count). The highest BCUT2D eigenvalue weighted by Crippen LogP contribution is 2.53. The molecule has 166 valence electrons. The van der Waals surface area contributed by atoms with Crippen LogP contribution in [0.2, 0.25) is 0 Å². The lowest BCUT2D eigenvalue weighted by atomic mass is 9.65. The van der Waals surface area contributed by atoms with Gasteiger partial charge in [-0.15, -0.1) is 0 Å². The average molecular weight is 435 g/mol. The van der Waals surface area contributed by atoms with Crippen LogP contribution in [0.3, 0.4) is 0 Å². The van der Waals surface area contributed by atoms with Crippen LogP contribution in [0.4, 0.5) is 0 Å². The first kappa shape index (κ1) is 21.7. The van der Waals surface area contributed by atoms with Crippen LogP contribution in [-0.4, -0.2) is 74.4 Å². The van der Waals surface area contributed by atoms with Gasteiger partial charge in [-0.05, 0) is 61.4 Å². The fraction of sp³-hybridized carbons (Fsp3) is 0.682. The Kier molecular flexibility index (Phi) is 5.50. The highest BCUT2D eigenvalue weighted by atomic mass is 32.2. The Morgan fingerprint density at radius 3 is 2.30 bits per heavy atom. The summed E-state index contributed by atoms with van der Waals surface area (Å²) in [5.41, 5.74) is 3.60. The normalized spacial score (nSPS) is 30.3. The number of nitrogens with one attached hydrogen (secondary N) is 1. The van der Waals surface area contributed by atoms with Crippen LogP contribution in [0.5, 0.6) is 0 Å². The molecule has 1 aromatic rings. The van der Waals surface area contributed by atoms with E-state index < -0.39 is 10.0 Å². The van der Waals surface area contributed by atoms with Crippen molar-refractivity contribution in [2.24, 2.45) is 10.8 Å². The third-order valence-corrected chi connectivity index (χ3v) is 8.77. The van der Waals surface area contributed by atoms with Gasteiger partial charge in [-0.2, -0.15) is 4.31 Å². The number of hydrogen-bond acceptors (Lipinski definition) is 5. The van der Waals surface area contributed by atoms with Crippen LogP contribution in [0.15, 0.2) is 29.2 Å². The molecule has 1 aliphatic carbocycles. The van der Waals surface area contributed by atoms with E-state index in [1.54, 1.807) is 28.6 Å². The van der Waals surface area contributed by atoms with Crippen LogP contribution in [-0.2, 0) is 10.0 Å². The third-order valence-electron chi connectivity index (χ3n) is 6.85.